The van der Waals surface area contributed by atoms with Crippen molar-refractivity contribution in [2.45, 2.75) is 26.7 Å². The van der Waals surface area contributed by atoms with Crippen LogP contribution in [0.15, 0.2) is 12.2 Å². The van der Waals surface area contributed by atoms with Crippen LogP contribution in [-0.2, 0) is 4.79 Å². The maximum Gasteiger partial charge on any atom is 0.126 e. The molecule has 1 rings (SSSR count). The summed E-state index contributed by atoms with van der Waals surface area (Å²) in [4.78, 5) is 10.7. The lowest BCUT2D eigenvalue weighted by Crippen LogP contribution is -2.27. The molecule has 2 atom stereocenters. The lowest BCUT2D eigenvalue weighted by Gasteiger charge is -2.30. The van der Waals surface area contributed by atoms with Crippen molar-refractivity contribution in [1.82, 2.24) is 0 Å². The van der Waals surface area contributed by atoms with Gasteiger partial charge in [-0.2, -0.15) is 0 Å². The average molecular weight is 138 g/mol. The number of hydrogen-bond donors (Lipinski definition) is 0. The summed E-state index contributed by atoms with van der Waals surface area (Å²) < 4.78 is 0. The van der Waals surface area contributed by atoms with Gasteiger partial charge in [0.15, 0.2) is 0 Å². The Hall–Kier alpha value is -0.590. The number of carbonyl (C=O) groups is 1. The molecule has 0 saturated heterocycles. The van der Waals surface area contributed by atoms with E-state index in [0.29, 0.717) is 5.92 Å². The van der Waals surface area contributed by atoms with Crippen LogP contribution in [0.4, 0.5) is 0 Å². The molecule has 0 aliphatic heterocycles. The van der Waals surface area contributed by atoms with E-state index in [0.717, 1.165) is 19.1 Å². The van der Waals surface area contributed by atoms with Crippen LogP contribution in [0.1, 0.15) is 26.7 Å². The summed E-state index contributed by atoms with van der Waals surface area (Å²) in [6.07, 6.45) is 7.46. The van der Waals surface area contributed by atoms with Crippen molar-refractivity contribution in [3.8, 4) is 0 Å². The molecule has 0 fully saturated rings. The summed E-state index contributed by atoms with van der Waals surface area (Å²) in [5, 5.41) is 0. The van der Waals surface area contributed by atoms with Crippen LogP contribution in [0.25, 0.3) is 0 Å². The first-order chi connectivity index (χ1) is 4.69. The zero-order valence-corrected chi connectivity index (χ0v) is 6.63. The SMILES string of the molecule is C[C@@H]1C=CCC[C@@]1(C)C=O. The highest BCUT2D eigenvalue weighted by Gasteiger charge is 2.30. The highest BCUT2D eigenvalue weighted by molar-refractivity contribution is 5.60. The molecule has 0 aromatic carbocycles. The summed E-state index contributed by atoms with van der Waals surface area (Å²) in [6, 6.07) is 0. The van der Waals surface area contributed by atoms with Gasteiger partial charge in [-0.3, -0.25) is 0 Å². The van der Waals surface area contributed by atoms with E-state index >= 15 is 0 Å². The van der Waals surface area contributed by atoms with E-state index in [2.05, 4.69) is 19.1 Å². The zero-order valence-electron chi connectivity index (χ0n) is 6.63. The highest BCUT2D eigenvalue weighted by Crippen LogP contribution is 2.34. The number of allylic oxidation sites excluding steroid dienone is 2. The number of hydrogen-bond acceptors (Lipinski definition) is 1. The van der Waals surface area contributed by atoms with Crippen LogP contribution in [0.5, 0.6) is 0 Å². The second kappa shape index (κ2) is 2.57. The quantitative estimate of drug-likeness (QED) is 0.401. The van der Waals surface area contributed by atoms with Crippen molar-refractivity contribution in [3.05, 3.63) is 12.2 Å². The molecule has 0 heterocycles. The van der Waals surface area contributed by atoms with Crippen molar-refractivity contribution in [3.63, 3.8) is 0 Å². The fraction of sp³-hybridized carbons (Fsp3) is 0.667. The molecule has 0 bridgehead atoms. The molecule has 0 spiro atoms. The average Bonchev–Trinajstić information content (AvgIpc) is 1.96. The van der Waals surface area contributed by atoms with Gasteiger partial charge in [-0.05, 0) is 18.8 Å². The van der Waals surface area contributed by atoms with Gasteiger partial charge in [0, 0.05) is 5.41 Å². The van der Waals surface area contributed by atoms with Crippen LogP contribution in [0.3, 0.4) is 0 Å². The summed E-state index contributed by atoms with van der Waals surface area (Å²) in [5.74, 6) is 0.416. The molecule has 1 aliphatic carbocycles. The lowest BCUT2D eigenvalue weighted by atomic mass is 9.73. The molecular weight excluding hydrogens is 124 g/mol. The minimum Gasteiger partial charge on any atom is -0.303 e. The largest absolute Gasteiger partial charge is 0.303 e. The monoisotopic (exact) mass is 138 g/mol. The van der Waals surface area contributed by atoms with Crippen molar-refractivity contribution in [1.29, 1.82) is 0 Å². The van der Waals surface area contributed by atoms with Gasteiger partial charge in [0.05, 0.1) is 0 Å². The van der Waals surface area contributed by atoms with E-state index in [4.69, 9.17) is 0 Å². The third kappa shape index (κ3) is 1.13. The van der Waals surface area contributed by atoms with Gasteiger partial charge in [0.2, 0.25) is 0 Å². The van der Waals surface area contributed by atoms with Gasteiger partial charge in [0.25, 0.3) is 0 Å². The molecule has 1 heteroatoms. The molecule has 1 aliphatic rings. The number of rotatable bonds is 1. The van der Waals surface area contributed by atoms with E-state index in [1.807, 2.05) is 6.92 Å². The normalized spacial score (nSPS) is 39.6. The van der Waals surface area contributed by atoms with Crippen LogP contribution in [0.2, 0.25) is 0 Å². The molecule has 0 unspecified atom stereocenters. The fourth-order valence-corrected chi connectivity index (χ4v) is 1.31. The maximum absolute atomic E-state index is 10.7. The molecule has 56 valence electrons. The number of aldehydes is 1. The van der Waals surface area contributed by atoms with Crippen LogP contribution < -0.4 is 0 Å². The smallest absolute Gasteiger partial charge is 0.126 e. The minimum absolute atomic E-state index is 0.0885. The van der Waals surface area contributed by atoms with Crippen molar-refractivity contribution >= 4 is 6.29 Å². The molecule has 0 saturated carbocycles. The van der Waals surface area contributed by atoms with Crippen LogP contribution >= 0.6 is 0 Å². The van der Waals surface area contributed by atoms with Crippen molar-refractivity contribution in [2.24, 2.45) is 11.3 Å². The summed E-state index contributed by atoms with van der Waals surface area (Å²) >= 11 is 0. The summed E-state index contributed by atoms with van der Waals surface area (Å²) in [7, 11) is 0. The first-order valence-electron chi connectivity index (χ1n) is 3.82. The second-order valence-corrected chi connectivity index (χ2v) is 3.38. The lowest BCUT2D eigenvalue weighted by molar-refractivity contribution is -0.117. The Kier molecular flexibility index (Phi) is 1.93. The highest BCUT2D eigenvalue weighted by atomic mass is 16.1. The standard InChI is InChI=1S/C9H14O/c1-8-5-3-4-6-9(8,2)7-10/h3,5,7-8H,4,6H2,1-2H3/t8-,9+/m1/s1. The van der Waals surface area contributed by atoms with E-state index in [1.54, 1.807) is 0 Å². The summed E-state index contributed by atoms with van der Waals surface area (Å²) in [6.45, 7) is 4.14. The van der Waals surface area contributed by atoms with Gasteiger partial charge in [-0.1, -0.05) is 26.0 Å². The van der Waals surface area contributed by atoms with Gasteiger partial charge in [-0.15, -0.1) is 0 Å². The number of carbonyl (C=O) groups excluding carboxylic acids is 1. The van der Waals surface area contributed by atoms with Gasteiger partial charge in [0.1, 0.15) is 6.29 Å². The molecule has 0 aromatic heterocycles. The zero-order chi connectivity index (χ0) is 7.61. The Morgan fingerprint density at radius 1 is 1.70 bits per heavy atom. The Morgan fingerprint density at radius 2 is 2.40 bits per heavy atom. The fourth-order valence-electron chi connectivity index (χ4n) is 1.31. The Morgan fingerprint density at radius 3 is 2.80 bits per heavy atom. The van der Waals surface area contributed by atoms with Gasteiger partial charge in [-0.25, -0.2) is 0 Å². The van der Waals surface area contributed by atoms with E-state index < -0.39 is 0 Å². The van der Waals surface area contributed by atoms with Gasteiger partial charge >= 0.3 is 0 Å². The summed E-state index contributed by atoms with van der Waals surface area (Å²) in [5.41, 5.74) is -0.0885. The molecular formula is C9H14O. The van der Waals surface area contributed by atoms with Crippen LogP contribution in [0, 0.1) is 11.3 Å². The second-order valence-electron chi connectivity index (χ2n) is 3.38. The third-order valence-electron chi connectivity index (χ3n) is 2.58. The van der Waals surface area contributed by atoms with Crippen molar-refractivity contribution < 1.29 is 4.79 Å². The molecule has 0 amide bonds. The molecule has 0 radical (unpaired) electrons. The first-order valence-corrected chi connectivity index (χ1v) is 3.82. The third-order valence-corrected chi connectivity index (χ3v) is 2.58. The molecule has 0 N–H and O–H groups in total. The molecule has 1 nitrogen and oxygen atoms in total. The first kappa shape index (κ1) is 7.52. The predicted octanol–water partition coefficient (Wildman–Crippen LogP) is 2.18. The Bertz CT molecular complexity index is 160. The van der Waals surface area contributed by atoms with Gasteiger partial charge < -0.3 is 4.79 Å². The predicted molar refractivity (Wildman–Crippen MR) is 41.7 cm³/mol. The Labute approximate surface area is 62.1 Å². The topological polar surface area (TPSA) is 17.1 Å². The van der Waals surface area contributed by atoms with E-state index in [1.165, 1.54) is 0 Å². The molecule has 0 aromatic rings. The molecule has 10 heavy (non-hydrogen) atoms. The minimum atomic E-state index is -0.0885. The van der Waals surface area contributed by atoms with Crippen LogP contribution in [-0.4, -0.2) is 6.29 Å². The van der Waals surface area contributed by atoms with E-state index in [9.17, 15) is 4.79 Å². The van der Waals surface area contributed by atoms with E-state index in [-0.39, 0.29) is 5.41 Å². The van der Waals surface area contributed by atoms with Crippen molar-refractivity contribution in [2.75, 3.05) is 0 Å². The Balaban J connectivity index is 2.77. The maximum atomic E-state index is 10.7.